The van der Waals surface area contributed by atoms with E-state index < -0.39 is 0 Å². The van der Waals surface area contributed by atoms with E-state index >= 15 is 0 Å². The van der Waals surface area contributed by atoms with Crippen molar-refractivity contribution >= 4 is 35.4 Å². The summed E-state index contributed by atoms with van der Waals surface area (Å²) in [5, 5.41) is 12.1. The van der Waals surface area contributed by atoms with Gasteiger partial charge in [0.2, 0.25) is 0 Å². The summed E-state index contributed by atoms with van der Waals surface area (Å²) in [7, 11) is 0. The molecule has 1 aromatic carbocycles. The lowest BCUT2D eigenvalue weighted by molar-refractivity contribution is -0.141. The predicted octanol–water partition coefficient (Wildman–Crippen LogP) is 2.74. The van der Waals surface area contributed by atoms with Gasteiger partial charge in [-0.1, -0.05) is 28.4 Å². The first-order valence-electron chi connectivity index (χ1n) is 4.97. The molecule has 0 saturated heterocycles. The summed E-state index contributed by atoms with van der Waals surface area (Å²) in [5.74, 6) is -0.0441. The smallest absolute Gasteiger partial charge is 0.302 e. The van der Waals surface area contributed by atoms with Crippen molar-refractivity contribution in [2.75, 3.05) is 13.2 Å². The number of carbonyl (C=O) groups excluding carboxylic acids is 1. The number of rotatable bonds is 5. The third-order valence-electron chi connectivity index (χ3n) is 1.89. The average Bonchev–Trinajstić information content (AvgIpc) is 2.28. The molecule has 0 unspecified atom stereocenters. The normalized spacial score (nSPS) is 10.6. The Morgan fingerprint density at radius 1 is 1.44 bits per heavy atom. The van der Waals surface area contributed by atoms with Crippen LogP contribution in [-0.4, -0.2) is 30.6 Å². The Balaban J connectivity index is 2.76. The number of carbonyl (C=O) groups is 1. The van der Waals surface area contributed by atoms with E-state index in [2.05, 4.69) is 5.16 Å². The van der Waals surface area contributed by atoms with Gasteiger partial charge in [-0.2, -0.15) is 0 Å². The summed E-state index contributed by atoms with van der Waals surface area (Å²) < 4.78 is 10.1. The van der Waals surface area contributed by atoms with Crippen LogP contribution in [0.1, 0.15) is 12.5 Å². The van der Waals surface area contributed by atoms with Crippen LogP contribution in [0.5, 0.6) is 5.75 Å². The molecule has 0 spiro atoms. The number of hydrogen-bond acceptors (Lipinski definition) is 5. The van der Waals surface area contributed by atoms with Crippen molar-refractivity contribution in [3.63, 3.8) is 0 Å². The number of halogens is 2. The van der Waals surface area contributed by atoms with Gasteiger partial charge in [0.05, 0.1) is 16.8 Å². The molecular weight excluding hydrogens is 281 g/mol. The minimum Gasteiger partial charge on any atom is -0.489 e. The molecule has 7 heteroatoms. The summed E-state index contributed by atoms with van der Waals surface area (Å²) in [6, 6.07) is 3.03. The third-order valence-corrected chi connectivity index (χ3v) is 2.42. The van der Waals surface area contributed by atoms with Gasteiger partial charge in [-0.3, -0.25) is 4.79 Å². The van der Waals surface area contributed by atoms with Crippen LogP contribution in [0.25, 0.3) is 0 Å². The maximum Gasteiger partial charge on any atom is 0.302 e. The second kappa shape index (κ2) is 7.08. The summed E-state index contributed by atoms with van der Waals surface area (Å²) >= 11 is 11.8. The van der Waals surface area contributed by atoms with Crippen LogP contribution >= 0.6 is 23.2 Å². The van der Waals surface area contributed by atoms with Crippen LogP contribution in [0.2, 0.25) is 10.0 Å². The Bertz CT molecular complexity index is 463. The molecule has 0 fully saturated rings. The molecule has 0 heterocycles. The van der Waals surface area contributed by atoms with Crippen LogP contribution in [-0.2, 0) is 9.53 Å². The summed E-state index contributed by atoms with van der Waals surface area (Å²) in [6.45, 7) is 1.55. The number of nitrogens with zero attached hydrogens (tertiary/aromatic N) is 1. The number of ether oxygens (including phenoxy) is 2. The standard InChI is InChI=1S/C11H11Cl2NO4/c1-7(15)17-2-3-18-11-5-8(12)4-10(13)9(11)6-14-16/h4-6,16H,2-3H2,1H3/b14-6-. The van der Waals surface area contributed by atoms with E-state index in [1.54, 1.807) is 0 Å². The Kier molecular flexibility index (Phi) is 5.74. The van der Waals surface area contributed by atoms with Crippen molar-refractivity contribution < 1.29 is 19.5 Å². The second-order valence-electron chi connectivity index (χ2n) is 3.23. The van der Waals surface area contributed by atoms with Crippen LogP contribution < -0.4 is 4.74 Å². The highest BCUT2D eigenvalue weighted by atomic mass is 35.5. The highest BCUT2D eigenvalue weighted by molar-refractivity contribution is 6.36. The molecule has 0 bridgehead atoms. The van der Waals surface area contributed by atoms with Gasteiger partial charge in [-0.05, 0) is 12.1 Å². The quantitative estimate of drug-likeness (QED) is 0.298. The zero-order valence-corrected chi connectivity index (χ0v) is 11.0. The lowest BCUT2D eigenvalue weighted by atomic mass is 10.2. The molecule has 18 heavy (non-hydrogen) atoms. The van der Waals surface area contributed by atoms with E-state index in [1.807, 2.05) is 0 Å². The maximum atomic E-state index is 10.6. The van der Waals surface area contributed by atoms with Gasteiger partial charge in [0, 0.05) is 11.9 Å². The number of hydrogen-bond donors (Lipinski definition) is 1. The molecule has 1 aromatic rings. The summed E-state index contributed by atoms with van der Waals surface area (Å²) in [4.78, 5) is 10.6. The highest BCUT2D eigenvalue weighted by Crippen LogP contribution is 2.29. The van der Waals surface area contributed by atoms with E-state index in [9.17, 15) is 4.79 Å². The van der Waals surface area contributed by atoms with Gasteiger partial charge in [-0.25, -0.2) is 0 Å². The molecule has 0 amide bonds. The molecule has 0 aromatic heterocycles. The minimum atomic E-state index is -0.389. The van der Waals surface area contributed by atoms with Crippen LogP contribution in [0.15, 0.2) is 17.3 Å². The first-order chi connectivity index (χ1) is 8.54. The molecule has 0 radical (unpaired) electrons. The molecular formula is C11H11Cl2NO4. The van der Waals surface area contributed by atoms with Gasteiger partial charge in [0.25, 0.3) is 0 Å². The largest absolute Gasteiger partial charge is 0.489 e. The molecule has 5 nitrogen and oxygen atoms in total. The third kappa shape index (κ3) is 4.43. The Hall–Kier alpha value is -1.46. The fourth-order valence-corrected chi connectivity index (χ4v) is 1.72. The van der Waals surface area contributed by atoms with Gasteiger partial charge in [-0.15, -0.1) is 0 Å². The molecule has 98 valence electrons. The summed E-state index contributed by atoms with van der Waals surface area (Å²) in [6.07, 6.45) is 1.14. The Morgan fingerprint density at radius 2 is 2.17 bits per heavy atom. The average molecular weight is 292 g/mol. The van der Waals surface area contributed by atoms with Crippen molar-refractivity contribution in [1.82, 2.24) is 0 Å². The Morgan fingerprint density at radius 3 is 2.78 bits per heavy atom. The number of esters is 1. The SMILES string of the molecule is CC(=O)OCCOc1cc(Cl)cc(Cl)c1/C=N\O. The van der Waals surface area contributed by atoms with Crippen molar-refractivity contribution in [3.8, 4) is 5.75 Å². The van der Waals surface area contributed by atoms with Crippen molar-refractivity contribution in [2.45, 2.75) is 6.92 Å². The number of benzene rings is 1. The molecule has 1 rings (SSSR count). The second-order valence-corrected chi connectivity index (χ2v) is 4.08. The van der Waals surface area contributed by atoms with Crippen LogP contribution in [0.3, 0.4) is 0 Å². The zero-order valence-electron chi connectivity index (χ0n) is 9.52. The first-order valence-corrected chi connectivity index (χ1v) is 5.73. The molecule has 1 N–H and O–H groups in total. The zero-order chi connectivity index (χ0) is 13.5. The van der Waals surface area contributed by atoms with E-state index in [-0.39, 0.29) is 19.2 Å². The number of oxime groups is 1. The van der Waals surface area contributed by atoms with Crippen LogP contribution in [0, 0.1) is 0 Å². The van der Waals surface area contributed by atoms with E-state index in [0.29, 0.717) is 21.4 Å². The fraction of sp³-hybridized carbons (Fsp3) is 0.273. The molecule has 0 aliphatic heterocycles. The van der Waals surface area contributed by atoms with Gasteiger partial charge in [0.15, 0.2) is 0 Å². The van der Waals surface area contributed by atoms with E-state index in [1.165, 1.54) is 19.1 Å². The molecule has 0 aliphatic carbocycles. The highest BCUT2D eigenvalue weighted by Gasteiger charge is 2.09. The van der Waals surface area contributed by atoms with E-state index in [0.717, 1.165) is 6.21 Å². The lowest BCUT2D eigenvalue weighted by Crippen LogP contribution is -2.10. The van der Waals surface area contributed by atoms with Gasteiger partial charge >= 0.3 is 5.97 Å². The minimum absolute atomic E-state index is 0.106. The van der Waals surface area contributed by atoms with Gasteiger partial charge < -0.3 is 14.7 Å². The van der Waals surface area contributed by atoms with Crippen LogP contribution in [0.4, 0.5) is 0 Å². The molecule has 0 aliphatic rings. The molecule has 0 atom stereocenters. The first kappa shape index (κ1) is 14.6. The predicted molar refractivity (Wildman–Crippen MR) is 68.0 cm³/mol. The van der Waals surface area contributed by atoms with Gasteiger partial charge in [0.1, 0.15) is 19.0 Å². The van der Waals surface area contributed by atoms with Crippen molar-refractivity contribution in [2.24, 2.45) is 5.16 Å². The Labute approximate surface area is 114 Å². The monoisotopic (exact) mass is 291 g/mol. The lowest BCUT2D eigenvalue weighted by Gasteiger charge is -2.10. The fourth-order valence-electron chi connectivity index (χ4n) is 1.20. The summed E-state index contributed by atoms with van der Waals surface area (Å²) in [5.41, 5.74) is 0.395. The topological polar surface area (TPSA) is 68.1 Å². The van der Waals surface area contributed by atoms with Crippen molar-refractivity contribution in [1.29, 1.82) is 0 Å². The maximum absolute atomic E-state index is 10.6. The van der Waals surface area contributed by atoms with E-state index in [4.69, 9.17) is 37.9 Å². The molecule has 0 saturated carbocycles. The van der Waals surface area contributed by atoms with Crippen molar-refractivity contribution in [3.05, 3.63) is 27.7 Å².